The monoisotopic (exact) mass is 480 g/mol. The molecular formula is C25H24N2O6S. The van der Waals surface area contributed by atoms with Crippen LogP contribution in [0, 0.1) is 0 Å². The molecule has 4 rings (SSSR count). The average Bonchev–Trinajstić information content (AvgIpc) is 2.88. The van der Waals surface area contributed by atoms with Gasteiger partial charge < -0.3 is 14.4 Å². The molecule has 0 aliphatic carbocycles. The second-order valence-corrected chi connectivity index (χ2v) is 9.61. The first kappa shape index (κ1) is 23.5. The van der Waals surface area contributed by atoms with Crippen LogP contribution in [-0.2, 0) is 30.9 Å². The Hall–Kier alpha value is -3.69. The molecule has 1 aliphatic heterocycles. The van der Waals surface area contributed by atoms with Crippen molar-refractivity contribution in [1.29, 1.82) is 0 Å². The highest BCUT2D eigenvalue weighted by atomic mass is 32.2. The topological polar surface area (TPSA) is 93.2 Å². The van der Waals surface area contributed by atoms with Crippen molar-refractivity contribution >= 4 is 27.6 Å². The van der Waals surface area contributed by atoms with Crippen LogP contribution in [0.5, 0.6) is 5.75 Å². The van der Waals surface area contributed by atoms with E-state index in [-0.39, 0.29) is 18.0 Å². The van der Waals surface area contributed by atoms with Crippen molar-refractivity contribution in [2.45, 2.75) is 17.5 Å². The van der Waals surface area contributed by atoms with E-state index in [2.05, 4.69) is 0 Å². The molecular weight excluding hydrogens is 456 g/mol. The number of ether oxygens (including phenoxy) is 2. The van der Waals surface area contributed by atoms with E-state index in [9.17, 15) is 18.0 Å². The molecule has 1 heterocycles. The Morgan fingerprint density at radius 2 is 1.59 bits per heavy atom. The summed E-state index contributed by atoms with van der Waals surface area (Å²) < 4.78 is 38.6. The summed E-state index contributed by atoms with van der Waals surface area (Å²) >= 11 is 0. The number of amides is 1. The number of rotatable bonds is 7. The Bertz CT molecular complexity index is 1260. The lowest BCUT2D eigenvalue weighted by Gasteiger charge is -2.34. The summed E-state index contributed by atoms with van der Waals surface area (Å²) in [6.07, 6.45) is -1.02. The molecule has 1 amide bonds. The molecule has 0 spiro atoms. The van der Waals surface area contributed by atoms with E-state index >= 15 is 0 Å². The van der Waals surface area contributed by atoms with Crippen LogP contribution in [0.3, 0.4) is 0 Å². The smallest absolute Gasteiger partial charge is 0.348 e. The maximum atomic E-state index is 13.5. The largest absolute Gasteiger partial charge is 0.475 e. The maximum Gasteiger partial charge on any atom is 0.348 e. The van der Waals surface area contributed by atoms with E-state index in [1.165, 1.54) is 24.1 Å². The third-order valence-electron chi connectivity index (χ3n) is 5.43. The van der Waals surface area contributed by atoms with Gasteiger partial charge in [0, 0.05) is 6.54 Å². The molecule has 0 aromatic heterocycles. The van der Waals surface area contributed by atoms with Crippen molar-refractivity contribution in [2.24, 2.45) is 0 Å². The fourth-order valence-electron chi connectivity index (χ4n) is 3.72. The second kappa shape index (κ2) is 10.1. The highest BCUT2D eigenvalue weighted by Gasteiger charge is 2.36. The van der Waals surface area contributed by atoms with Crippen LogP contribution in [0.15, 0.2) is 89.8 Å². The number of fused-ring (bicyclic) bond motifs is 1. The lowest BCUT2D eigenvalue weighted by atomic mass is 10.2. The number of methoxy groups -OCH3 is 1. The van der Waals surface area contributed by atoms with Gasteiger partial charge in [-0.1, -0.05) is 60.7 Å². The number of carbonyl (C=O) groups is 2. The van der Waals surface area contributed by atoms with Crippen LogP contribution in [0.1, 0.15) is 5.56 Å². The summed E-state index contributed by atoms with van der Waals surface area (Å²) in [6, 6.07) is 23.8. The van der Waals surface area contributed by atoms with Crippen molar-refractivity contribution in [3.05, 3.63) is 90.5 Å². The fraction of sp³-hybridized carbons (Fsp3) is 0.200. The number of hydrogen-bond donors (Lipinski definition) is 0. The Morgan fingerprint density at radius 1 is 0.971 bits per heavy atom. The van der Waals surface area contributed by atoms with Gasteiger partial charge in [0.05, 0.1) is 30.8 Å². The lowest BCUT2D eigenvalue weighted by Crippen LogP contribution is -2.50. The van der Waals surface area contributed by atoms with Gasteiger partial charge >= 0.3 is 5.97 Å². The molecule has 0 saturated heterocycles. The summed E-state index contributed by atoms with van der Waals surface area (Å²) in [5, 5.41) is 0. The van der Waals surface area contributed by atoms with E-state index < -0.39 is 34.5 Å². The number of anilines is 1. The molecule has 8 nitrogen and oxygen atoms in total. The number of nitrogens with zero attached hydrogens (tertiary/aromatic N) is 2. The van der Waals surface area contributed by atoms with Gasteiger partial charge in [0.15, 0.2) is 0 Å². The van der Waals surface area contributed by atoms with Crippen LogP contribution in [-0.4, -0.2) is 50.9 Å². The van der Waals surface area contributed by atoms with Gasteiger partial charge in [-0.05, 0) is 29.8 Å². The third-order valence-corrected chi connectivity index (χ3v) is 7.24. The highest BCUT2D eigenvalue weighted by molar-refractivity contribution is 7.89. The van der Waals surface area contributed by atoms with Crippen molar-refractivity contribution in [1.82, 2.24) is 4.31 Å². The molecule has 176 valence electrons. The summed E-state index contributed by atoms with van der Waals surface area (Å²) in [6.45, 7) is -0.502. The molecule has 0 saturated carbocycles. The quantitative estimate of drug-likeness (QED) is 0.483. The minimum absolute atomic E-state index is 0.0101. The first-order chi connectivity index (χ1) is 16.4. The van der Waals surface area contributed by atoms with E-state index in [4.69, 9.17) is 9.47 Å². The predicted octanol–water partition coefficient (Wildman–Crippen LogP) is 2.84. The van der Waals surface area contributed by atoms with Crippen LogP contribution >= 0.6 is 0 Å². The second-order valence-electron chi connectivity index (χ2n) is 7.67. The van der Waals surface area contributed by atoms with Crippen molar-refractivity contribution in [2.75, 3.05) is 25.1 Å². The van der Waals surface area contributed by atoms with Crippen LogP contribution in [0.25, 0.3) is 0 Å². The summed E-state index contributed by atoms with van der Waals surface area (Å²) in [5.41, 5.74) is 1.20. The summed E-state index contributed by atoms with van der Waals surface area (Å²) in [4.78, 5) is 27.1. The number of sulfonamides is 1. The van der Waals surface area contributed by atoms with Gasteiger partial charge in [0.2, 0.25) is 22.0 Å². The zero-order valence-electron chi connectivity index (χ0n) is 18.5. The van der Waals surface area contributed by atoms with Gasteiger partial charge in [-0.15, -0.1) is 0 Å². The summed E-state index contributed by atoms with van der Waals surface area (Å²) in [5.74, 6) is -0.761. The van der Waals surface area contributed by atoms with Crippen molar-refractivity contribution < 1.29 is 27.5 Å². The Morgan fingerprint density at radius 3 is 2.26 bits per heavy atom. The van der Waals surface area contributed by atoms with Crippen molar-refractivity contribution in [3.8, 4) is 5.75 Å². The number of hydrogen-bond acceptors (Lipinski definition) is 6. The molecule has 1 atom stereocenters. The van der Waals surface area contributed by atoms with Crippen LogP contribution in [0.2, 0.25) is 0 Å². The molecule has 0 N–H and O–H groups in total. The van der Waals surface area contributed by atoms with E-state index in [1.807, 2.05) is 18.2 Å². The average molecular weight is 481 g/mol. The highest BCUT2D eigenvalue weighted by Crippen LogP contribution is 2.33. The molecule has 1 unspecified atom stereocenters. The SMILES string of the molecule is COC(=O)C1CN(C(=O)CN(Cc2ccccc2)S(=O)(=O)c2ccccc2)c2ccccc2O1. The molecule has 3 aromatic carbocycles. The first-order valence-electron chi connectivity index (χ1n) is 10.6. The van der Waals surface area contributed by atoms with Gasteiger partial charge in [0.1, 0.15) is 5.75 Å². The van der Waals surface area contributed by atoms with Gasteiger partial charge in [-0.25, -0.2) is 13.2 Å². The minimum Gasteiger partial charge on any atom is -0.475 e. The lowest BCUT2D eigenvalue weighted by molar-refractivity contribution is -0.148. The molecule has 0 radical (unpaired) electrons. The Balaban J connectivity index is 1.67. The zero-order valence-corrected chi connectivity index (χ0v) is 19.4. The molecule has 0 fully saturated rings. The standard InChI is InChI=1S/C25H24N2O6S/c1-32-25(29)23-17-27(21-14-8-9-15-22(21)33-23)24(28)18-26(16-19-10-4-2-5-11-19)34(30,31)20-12-6-3-7-13-20/h2-15,23H,16-18H2,1H3. The van der Waals surface area contributed by atoms with Gasteiger partial charge in [-0.3, -0.25) is 4.79 Å². The number of carbonyl (C=O) groups excluding carboxylic acids is 2. The normalized spacial score (nSPS) is 15.4. The van der Waals surface area contributed by atoms with E-state index in [1.54, 1.807) is 54.6 Å². The number of esters is 1. The predicted molar refractivity (Wildman–Crippen MR) is 126 cm³/mol. The Labute approximate surface area is 198 Å². The van der Waals surface area contributed by atoms with Gasteiger partial charge in [0.25, 0.3) is 0 Å². The Kier molecular flexibility index (Phi) is 6.95. The van der Waals surface area contributed by atoms with E-state index in [0.717, 1.165) is 9.87 Å². The number of para-hydroxylation sites is 2. The van der Waals surface area contributed by atoms with Gasteiger partial charge in [-0.2, -0.15) is 4.31 Å². The van der Waals surface area contributed by atoms with Crippen LogP contribution in [0.4, 0.5) is 5.69 Å². The van der Waals surface area contributed by atoms with E-state index in [0.29, 0.717) is 11.4 Å². The fourth-order valence-corrected chi connectivity index (χ4v) is 5.11. The summed E-state index contributed by atoms with van der Waals surface area (Å²) in [7, 11) is -2.74. The molecule has 0 bridgehead atoms. The minimum atomic E-state index is -3.98. The molecule has 9 heteroatoms. The molecule has 1 aliphatic rings. The zero-order chi connectivity index (χ0) is 24.1. The first-order valence-corrected chi connectivity index (χ1v) is 12.1. The van der Waals surface area contributed by atoms with Crippen LogP contribution < -0.4 is 9.64 Å². The maximum absolute atomic E-state index is 13.5. The molecule has 3 aromatic rings. The third kappa shape index (κ3) is 4.95. The molecule has 34 heavy (non-hydrogen) atoms. The van der Waals surface area contributed by atoms with Crippen molar-refractivity contribution in [3.63, 3.8) is 0 Å². The number of benzene rings is 3.